The molecule has 0 atom stereocenters. The molecule has 21 heavy (non-hydrogen) atoms. The number of benzene rings is 3. The lowest BCUT2D eigenvalue weighted by atomic mass is 10.0. The Morgan fingerprint density at radius 1 is 0.905 bits per heavy atom. The van der Waals surface area contributed by atoms with Crippen molar-refractivity contribution < 1.29 is 4.79 Å². The first-order valence-electron chi connectivity index (χ1n) is 6.40. The number of carbonyl (C=O) groups is 1. The second kappa shape index (κ2) is 6.03. The highest BCUT2D eigenvalue weighted by Gasteiger charge is 2.12. The van der Waals surface area contributed by atoms with E-state index in [1.54, 1.807) is 0 Å². The molecule has 0 spiro atoms. The first kappa shape index (κ1) is 14.4. The Balaban J connectivity index is 2.03. The SMILES string of the molecule is O=C(Nc1ccccc1I)c1cccc2c(Cl)cccc12. The van der Waals surface area contributed by atoms with Crippen LogP contribution in [-0.2, 0) is 0 Å². The first-order chi connectivity index (χ1) is 10.2. The molecule has 3 aromatic rings. The Morgan fingerprint density at radius 3 is 2.43 bits per heavy atom. The van der Waals surface area contributed by atoms with Gasteiger partial charge in [0.05, 0.1) is 5.69 Å². The summed E-state index contributed by atoms with van der Waals surface area (Å²) in [7, 11) is 0. The molecule has 0 aliphatic carbocycles. The van der Waals surface area contributed by atoms with Gasteiger partial charge in [-0.3, -0.25) is 4.79 Å². The Kier molecular flexibility index (Phi) is 4.12. The van der Waals surface area contributed by atoms with E-state index in [0.29, 0.717) is 10.6 Å². The van der Waals surface area contributed by atoms with E-state index in [-0.39, 0.29) is 5.91 Å². The fraction of sp³-hybridized carbons (Fsp3) is 0. The fourth-order valence-electron chi connectivity index (χ4n) is 2.22. The monoisotopic (exact) mass is 407 g/mol. The predicted octanol–water partition coefficient (Wildman–Crippen LogP) is 5.35. The highest BCUT2D eigenvalue weighted by Crippen LogP contribution is 2.27. The minimum Gasteiger partial charge on any atom is -0.321 e. The zero-order valence-corrected chi connectivity index (χ0v) is 13.9. The van der Waals surface area contributed by atoms with E-state index in [0.717, 1.165) is 20.0 Å². The number of carbonyl (C=O) groups excluding carboxylic acids is 1. The van der Waals surface area contributed by atoms with Gasteiger partial charge in [0.15, 0.2) is 0 Å². The molecule has 0 aromatic heterocycles. The molecule has 0 saturated heterocycles. The van der Waals surface area contributed by atoms with Gasteiger partial charge in [0.25, 0.3) is 5.91 Å². The smallest absolute Gasteiger partial charge is 0.256 e. The summed E-state index contributed by atoms with van der Waals surface area (Å²) in [6, 6.07) is 18.8. The van der Waals surface area contributed by atoms with Crippen LogP contribution in [0.1, 0.15) is 10.4 Å². The number of anilines is 1. The molecule has 0 radical (unpaired) electrons. The summed E-state index contributed by atoms with van der Waals surface area (Å²) in [5.74, 6) is -0.132. The molecule has 0 aliphatic rings. The van der Waals surface area contributed by atoms with Gasteiger partial charge in [-0.05, 0) is 52.2 Å². The van der Waals surface area contributed by atoms with Gasteiger partial charge in [0, 0.05) is 19.5 Å². The van der Waals surface area contributed by atoms with E-state index in [1.807, 2.05) is 60.7 Å². The lowest BCUT2D eigenvalue weighted by Gasteiger charge is -2.10. The van der Waals surface area contributed by atoms with Crippen molar-refractivity contribution in [3.63, 3.8) is 0 Å². The van der Waals surface area contributed by atoms with Gasteiger partial charge in [0.2, 0.25) is 0 Å². The number of nitrogens with one attached hydrogen (secondary N) is 1. The van der Waals surface area contributed by atoms with E-state index >= 15 is 0 Å². The van der Waals surface area contributed by atoms with Gasteiger partial charge in [-0.1, -0.05) is 48.0 Å². The van der Waals surface area contributed by atoms with E-state index in [4.69, 9.17) is 11.6 Å². The molecule has 0 heterocycles. The summed E-state index contributed by atoms with van der Waals surface area (Å²) in [6.07, 6.45) is 0. The summed E-state index contributed by atoms with van der Waals surface area (Å²) < 4.78 is 1.00. The van der Waals surface area contributed by atoms with Crippen LogP contribution in [-0.4, -0.2) is 5.91 Å². The zero-order chi connectivity index (χ0) is 14.8. The van der Waals surface area contributed by atoms with E-state index in [1.165, 1.54) is 0 Å². The molecule has 1 N–H and O–H groups in total. The van der Waals surface area contributed by atoms with Crippen LogP contribution in [0.25, 0.3) is 10.8 Å². The van der Waals surface area contributed by atoms with Crippen LogP contribution in [0.2, 0.25) is 5.02 Å². The minimum absolute atomic E-state index is 0.132. The predicted molar refractivity (Wildman–Crippen MR) is 96.1 cm³/mol. The number of hydrogen-bond acceptors (Lipinski definition) is 1. The van der Waals surface area contributed by atoms with Crippen molar-refractivity contribution in [1.29, 1.82) is 0 Å². The van der Waals surface area contributed by atoms with Crippen molar-refractivity contribution in [2.24, 2.45) is 0 Å². The average Bonchev–Trinajstić information content (AvgIpc) is 2.49. The lowest BCUT2D eigenvalue weighted by molar-refractivity contribution is 0.102. The van der Waals surface area contributed by atoms with Crippen molar-refractivity contribution in [2.45, 2.75) is 0 Å². The Bertz CT molecular complexity index is 832. The van der Waals surface area contributed by atoms with Crippen LogP contribution in [0.5, 0.6) is 0 Å². The molecular formula is C17H11ClINO. The summed E-state index contributed by atoms with van der Waals surface area (Å²) in [6.45, 7) is 0. The molecule has 0 unspecified atom stereocenters. The van der Waals surface area contributed by atoms with Crippen molar-refractivity contribution in [3.05, 3.63) is 74.8 Å². The van der Waals surface area contributed by atoms with Crippen molar-refractivity contribution in [3.8, 4) is 0 Å². The third-order valence-corrected chi connectivity index (χ3v) is 4.51. The van der Waals surface area contributed by atoms with Crippen LogP contribution in [0.3, 0.4) is 0 Å². The fourth-order valence-corrected chi connectivity index (χ4v) is 2.98. The highest BCUT2D eigenvalue weighted by molar-refractivity contribution is 14.1. The maximum absolute atomic E-state index is 12.5. The Hall–Kier alpha value is -1.59. The summed E-state index contributed by atoms with van der Waals surface area (Å²) in [5.41, 5.74) is 1.43. The first-order valence-corrected chi connectivity index (χ1v) is 7.85. The third kappa shape index (κ3) is 2.89. The molecule has 2 nitrogen and oxygen atoms in total. The standard InChI is InChI=1S/C17H11ClINO/c18-14-8-4-5-11-12(14)6-3-7-13(11)17(21)20-16-10-2-1-9-15(16)19/h1-10H,(H,20,21). The summed E-state index contributed by atoms with van der Waals surface area (Å²) in [5, 5.41) is 5.34. The van der Waals surface area contributed by atoms with Crippen molar-refractivity contribution in [1.82, 2.24) is 0 Å². The molecule has 104 valence electrons. The minimum atomic E-state index is -0.132. The molecular weight excluding hydrogens is 397 g/mol. The number of amides is 1. The molecule has 3 aromatic carbocycles. The van der Waals surface area contributed by atoms with Crippen LogP contribution in [0.4, 0.5) is 5.69 Å². The van der Waals surface area contributed by atoms with Crippen LogP contribution >= 0.6 is 34.2 Å². The van der Waals surface area contributed by atoms with E-state index < -0.39 is 0 Å². The maximum Gasteiger partial charge on any atom is 0.256 e. The normalized spacial score (nSPS) is 10.6. The number of halogens is 2. The number of hydrogen-bond donors (Lipinski definition) is 1. The molecule has 4 heteroatoms. The lowest BCUT2D eigenvalue weighted by Crippen LogP contribution is -2.13. The number of rotatable bonds is 2. The van der Waals surface area contributed by atoms with Crippen LogP contribution < -0.4 is 5.32 Å². The molecule has 3 rings (SSSR count). The topological polar surface area (TPSA) is 29.1 Å². The van der Waals surface area contributed by atoms with Gasteiger partial charge in [-0.15, -0.1) is 0 Å². The van der Waals surface area contributed by atoms with Crippen LogP contribution in [0, 0.1) is 3.57 Å². The van der Waals surface area contributed by atoms with Crippen LogP contribution in [0.15, 0.2) is 60.7 Å². The van der Waals surface area contributed by atoms with E-state index in [2.05, 4.69) is 27.9 Å². The second-order valence-electron chi connectivity index (χ2n) is 4.57. The number of para-hydroxylation sites is 1. The van der Waals surface area contributed by atoms with Gasteiger partial charge in [-0.2, -0.15) is 0 Å². The maximum atomic E-state index is 12.5. The van der Waals surface area contributed by atoms with E-state index in [9.17, 15) is 4.79 Å². The average molecular weight is 408 g/mol. The quantitative estimate of drug-likeness (QED) is 0.570. The summed E-state index contributed by atoms with van der Waals surface area (Å²) in [4.78, 5) is 12.5. The van der Waals surface area contributed by atoms with Gasteiger partial charge >= 0.3 is 0 Å². The van der Waals surface area contributed by atoms with Crippen molar-refractivity contribution in [2.75, 3.05) is 5.32 Å². The molecule has 0 fully saturated rings. The van der Waals surface area contributed by atoms with Gasteiger partial charge in [-0.25, -0.2) is 0 Å². The molecule has 1 amide bonds. The Morgan fingerprint density at radius 2 is 1.62 bits per heavy atom. The molecule has 0 bridgehead atoms. The zero-order valence-electron chi connectivity index (χ0n) is 10.9. The highest BCUT2D eigenvalue weighted by atomic mass is 127. The second-order valence-corrected chi connectivity index (χ2v) is 6.14. The Labute approximate surface area is 141 Å². The largest absolute Gasteiger partial charge is 0.321 e. The van der Waals surface area contributed by atoms with Gasteiger partial charge in [0.1, 0.15) is 0 Å². The molecule has 0 aliphatic heterocycles. The third-order valence-electron chi connectivity index (χ3n) is 3.24. The molecule has 0 saturated carbocycles. The van der Waals surface area contributed by atoms with Crippen molar-refractivity contribution >= 4 is 56.6 Å². The summed E-state index contributed by atoms with van der Waals surface area (Å²) >= 11 is 8.39. The number of fused-ring (bicyclic) bond motifs is 1. The van der Waals surface area contributed by atoms with Gasteiger partial charge < -0.3 is 5.32 Å².